The number of aryl methyl sites for hydroxylation is 1. The second-order valence-electron chi connectivity index (χ2n) is 5.12. The summed E-state index contributed by atoms with van der Waals surface area (Å²) in [6.07, 6.45) is 2.79. The third-order valence-electron chi connectivity index (χ3n) is 3.34. The minimum absolute atomic E-state index is 0.00756. The fourth-order valence-corrected chi connectivity index (χ4v) is 1.95. The third-order valence-corrected chi connectivity index (χ3v) is 3.34. The fraction of sp³-hybridized carbons (Fsp3) is 0.562. The zero-order valence-corrected chi connectivity index (χ0v) is 12.8. The van der Waals surface area contributed by atoms with E-state index in [0.717, 1.165) is 30.6 Å². The van der Waals surface area contributed by atoms with Gasteiger partial charge in [-0.05, 0) is 25.0 Å². The minimum Gasteiger partial charge on any atom is -0.491 e. The number of para-hydroxylation sites is 1. The molecule has 4 heteroatoms. The number of carbonyl (C=O) groups is 1. The Balaban J connectivity index is 2.34. The number of hydrogen-bond donors (Lipinski definition) is 1. The van der Waals surface area contributed by atoms with Crippen molar-refractivity contribution in [3.8, 4) is 5.75 Å². The Morgan fingerprint density at radius 3 is 2.75 bits per heavy atom. The number of amides is 1. The Labute approximate surface area is 121 Å². The van der Waals surface area contributed by atoms with Crippen LogP contribution in [-0.4, -0.2) is 37.0 Å². The molecule has 0 fully saturated rings. The number of unbranched alkanes of at least 4 members (excludes halogenated alkanes) is 1. The number of nitrogens with zero attached hydrogens (tertiary/aromatic N) is 1. The summed E-state index contributed by atoms with van der Waals surface area (Å²) in [5.74, 6) is 0.857. The highest BCUT2D eigenvalue weighted by Crippen LogP contribution is 2.15. The molecule has 0 aliphatic carbocycles. The number of likely N-dealkylation sites (N-methyl/N-ethyl adjacent to an activating group) is 1. The van der Waals surface area contributed by atoms with Gasteiger partial charge in [0.15, 0.2) is 0 Å². The molecule has 0 bridgehead atoms. The van der Waals surface area contributed by atoms with Crippen molar-refractivity contribution in [3.63, 3.8) is 0 Å². The van der Waals surface area contributed by atoms with Crippen molar-refractivity contribution in [2.24, 2.45) is 5.73 Å². The molecular formula is C16H26N2O2. The van der Waals surface area contributed by atoms with E-state index in [0.29, 0.717) is 13.2 Å². The lowest BCUT2D eigenvalue weighted by Crippen LogP contribution is -2.43. The van der Waals surface area contributed by atoms with E-state index in [1.54, 1.807) is 11.9 Å². The van der Waals surface area contributed by atoms with Gasteiger partial charge in [-0.25, -0.2) is 0 Å². The minimum atomic E-state index is -0.390. The van der Waals surface area contributed by atoms with Gasteiger partial charge in [0.2, 0.25) is 5.91 Å². The van der Waals surface area contributed by atoms with Gasteiger partial charge < -0.3 is 15.4 Å². The number of carbonyl (C=O) groups excluding carboxylic acids is 1. The van der Waals surface area contributed by atoms with Gasteiger partial charge in [-0.1, -0.05) is 38.0 Å². The van der Waals surface area contributed by atoms with E-state index in [2.05, 4.69) is 6.92 Å². The number of hydrogen-bond acceptors (Lipinski definition) is 3. The molecule has 0 aliphatic heterocycles. The van der Waals surface area contributed by atoms with Gasteiger partial charge in [-0.15, -0.1) is 0 Å². The quantitative estimate of drug-likeness (QED) is 0.794. The zero-order chi connectivity index (χ0) is 15.0. The summed E-state index contributed by atoms with van der Waals surface area (Å²) in [5.41, 5.74) is 6.98. The molecule has 1 unspecified atom stereocenters. The molecule has 0 saturated heterocycles. The molecule has 0 heterocycles. The van der Waals surface area contributed by atoms with Gasteiger partial charge in [-0.3, -0.25) is 4.79 Å². The average Bonchev–Trinajstić information content (AvgIpc) is 2.45. The molecule has 112 valence electrons. The summed E-state index contributed by atoms with van der Waals surface area (Å²) >= 11 is 0. The molecule has 2 N–H and O–H groups in total. The van der Waals surface area contributed by atoms with Crippen LogP contribution in [0.5, 0.6) is 5.75 Å². The van der Waals surface area contributed by atoms with Crippen LogP contribution >= 0.6 is 0 Å². The summed E-state index contributed by atoms with van der Waals surface area (Å²) in [4.78, 5) is 13.7. The molecule has 20 heavy (non-hydrogen) atoms. The lowest BCUT2D eigenvalue weighted by Gasteiger charge is -2.21. The zero-order valence-electron chi connectivity index (χ0n) is 12.8. The topological polar surface area (TPSA) is 55.6 Å². The molecule has 1 rings (SSSR count). The van der Waals surface area contributed by atoms with Crippen molar-refractivity contribution in [2.45, 2.75) is 39.2 Å². The third kappa shape index (κ3) is 5.21. The van der Waals surface area contributed by atoms with E-state index >= 15 is 0 Å². The first kappa shape index (κ1) is 16.5. The fourth-order valence-electron chi connectivity index (χ4n) is 1.95. The van der Waals surface area contributed by atoms with Crippen molar-refractivity contribution in [3.05, 3.63) is 29.8 Å². The van der Waals surface area contributed by atoms with Crippen LogP contribution in [0.25, 0.3) is 0 Å². The van der Waals surface area contributed by atoms with Gasteiger partial charge >= 0.3 is 0 Å². The number of benzene rings is 1. The standard InChI is InChI=1S/C16H26N2O2/c1-4-5-9-14(17)16(19)18(3)11-12-20-15-10-7-6-8-13(15)2/h6-8,10,14H,4-5,9,11-12,17H2,1-3H3. The molecule has 1 aromatic rings. The maximum Gasteiger partial charge on any atom is 0.239 e. The molecular weight excluding hydrogens is 252 g/mol. The smallest absolute Gasteiger partial charge is 0.239 e. The number of rotatable bonds is 8. The maximum atomic E-state index is 12.0. The first-order valence-electron chi connectivity index (χ1n) is 7.25. The van der Waals surface area contributed by atoms with E-state index in [1.165, 1.54) is 0 Å². The first-order chi connectivity index (χ1) is 9.56. The molecule has 0 radical (unpaired) electrons. The second kappa shape index (κ2) is 8.59. The predicted octanol–water partition coefficient (Wildman–Crippen LogP) is 2.35. The first-order valence-corrected chi connectivity index (χ1v) is 7.25. The molecule has 0 spiro atoms. The lowest BCUT2D eigenvalue weighted by molar-refractivity contribution is -0.131. The molecule has 1 atom stereocenters. The highest BCUT2D eigenvalue weighted by molar-refractivity contribution is 5.81. The molecule has 0 aromatic heterocycles. The monoisotopic (exact) mass is 278 g/mol. The Hall–Kier alpha value is -1.55. The van der Waals surface area contributed by atoms with Crippen LogP contribution in [-0.2, 0) is 4.79 Å². The summed E-state index contributed by atoms with van der Waals surface area (Å²) in [5, 5.41) is 0. The Kier molecular flexibility index (Phi) is 7.09. The Morgan fingerprint density at radius 1 is 1.40 bits per heavy atom. The summed E-state index contributed by atoms with van der Waals surface area (Å²) in [6, 6.07) is 7.47. The van der Waals surface area contributed by atoms with Crippen LogP contribution in [0.4, 0.5) is 0 Å². The number of nitrogens with two attached hydrogens (primary N) is 1. The largest absolute Gasteiger partial charge is 0.491 e. The summed E-state index contributed by atoms with van der Waals surface area (Å²) < 4.78 is 5.68. The normalized spacial score (nSPS) is 12.0. The van der Waals surface area contributed by atoms with Gasteiger partial charge in [0.25, 0.3) is 0 Å². The van der Waals surface area contributed by atoms with Gasteiger partial charge in [-0.2, -0.15) is 0 Å². The van der Waals surface area contributed by atoms with Gasteiger partial charge in [0.05, 0.1) is 12.6 Å². The summed E-state index contributed by atoms with van der Waals surface area (Å²) in [7, 11) is 1.77. The van der Waals surface area contributed by atoms with Crippen LogP contribution in [0.15, 0.2) is 24.3 Å². The van der Waals surface area contributed by atoms with Crippen molar-refractivity contribution in [1.82, 2.24) is 4.90 Å². The lowest BCUT2D eigenvalue weighted by atomic mass is 10.1. The molecule has 4 nitrogen and oxygen atoms in total. The van der Waals surface area contributed by atoms with Gasteiger partial charge in [0.1, 0.15) is 12.4 Å². The average molecular weight is 278 g/mol. The predicted molar refractivity (Wildman–Crippen MR) is 81.8 cm³/mol. The van der Waals surface area contributed by atoms with Crippen LogP contribution in [0.1, 0.15) is 31.7 Å². The highest BCUT2D eigenvalue weighted by atomic mass is 16.5. The van der Waals surface area contributed by atoms with Crippen LogP contribution in [0.3, 0.4) is 0 Å². The number of ether oxygens (including phenoxy) is 1. The van der Waals surface area contributed by atoms with Crippen molar-refractivity contribution in [1.29, 1.82) is 0 Å². The van der Waals surface area contributed by atoms with Gasteiger partial charge in [0, 0.05) is 7.05 Å². The molecule has 0 saturated carbocycles. The van der Waals surface area contributed by atoms with E-state index in [4.69, 9.17) is 10.5 Å². The molecule has 1 amide bonds. The maximum absolute atomic E-state index is 12.0. The van der Waals surface area contributed by atoms with Crippen LogP contribution < -0.4 is 10.5 Å². The summed E-state index contributed by atoms with van der Waals surface area (Å²) in [6.45, 7) is 5.13. The molecule has 1 aromatic carbocycles. The van der Waals surface area contributed by atoms with Crippen molar-refractivity contribution < 1.29 is 9.53 Å². The second-order valence-corrected chi connectivity index (χ2v) is 5.12. The van der Waals surface area contributed by atoms with Crippen molar-refractivity contribution in [2.75, 3.05) is 20.2 Å². The van der Waals surface area contributed by atoms with Crippen LogP contribution in [0, 0.1) is 6.92 Å². The molecule has 0 aliphatic rings. The van der Waals surface area contributed by atoms with E-state index in [9.17, 15) is 4.79 Å². The van der Waals surface area contributed by atoms with Crippen LogP contribution in [0.2, 0.25) is 0 Å². The van der Waals surface area contributed by atoms with E-state index in [-0.39, 0.29) is 5.91 Å². The van der Waals surface area contributed by atoms with E-state index in [1.807, 2.05) is 31.2 Å². The Bertz CT molecular complexity index is 421. The SMILES string of the molecule is CCCCC(N)C(=O)N(C)CCOc1ccccc1C. The highest BCUT2D eigenvalue weighted by Gasteiger charge is 2.17. The van der Waals surface area contributed by atoms with Crippen molar-refractivity contribution >= 4 is 5.91 Å². The Morgan fingerprint density at radius 2 is 2.10 bits per heavy atom. The van der Waals surface area contributed by atoms with E-state index < -0.39 is 6.04 Å².